The molecule has 0 aliphatic rings. The number of rotatable bonds is 8. The van der Waals surface area contributed by atoms with E-state index in [4.69, 9.17) is 10.9 Å². The Bertz CT molecular complexity index is 206. The molecule has 5 nitrogen and oxygen atoms in total. The molecule has 16 heavy (non-hydrogen) atoms. The van der Waals surface area contributed by atoms with Crippen LogP contribution in [0.1, 0.15) is 33.6 Å². The van der Waals surface area contributed by atoms with E-state index in [1.165, 1.54) is 0 Å². The van der Waals surface area contributed by atoms with Crippen molar-refractivity contribution in [2.75, 3.05) is 20.1 Å². The molecule has 0 aromatic heterocycles. The van der Waals surface area contributed by atoms with E-state index in [9.17, 15) is 0 Å². The third-order valence-corrected chi connectivity index (χ3v) is 2.84. The first-order valence-corrected chi connectivity index (χ1v) is 5.93. The average Bonchev–Trinajstić information content (AvgIpc) is 2.27. The molecule has 0 saturated heterocycles. The van der Waals surface area contributed by atoms with Crippen LogP contribution in [0.15, 0.2) is 5.16 Å². The van der Waals surface area contributed by atoms with E-state index in [1.807, 2.05) is 6.92 Å². The third-order valence-electron chi connectivity index (χ3n) is 2.84. The maximum atomic E-state index is 8.57. The lowest BCUT2D eigenvalue weighted by Gasteiger charge is -2.21. The molecule has 0 fully saturated rings. The molecule has 0 aromatic carbocycles. The summed E-state index contributed by atoms with van der Waals surface area (Å²) < 4.78 is 0. The standard InChI is InChI=1S/C11H26N4O/c1-5-10(11(12)14-16)13-7-6-8-15(4)9(2)3/h9-10,13,16H,5-8H2,1-4H3,(H2,12,14). The summed E-state index contributed by atoms with van der Waals surface area (Å²) in [6, 6.07) is 0.556. The lowest BCUT2D eigenvalue weighted by atomic mass is 10.2. The first kappa shape index (κ1) is 15.2. The van der Waals surface area contributed by atoms with Gasteiger partial charge < -0.3 is 21.2 Å². The number of hydrogen-bond donors (Lipinski definition) is 3. The smallest absolute Gasteiger partial charge is 0.156 e. The van der Waals surface area contributed by atoms with Gasteiger partial charge in [0.15, 0.2) is 5.84 Å². The van der Waals surface area contributed by atoms with Crippen LogP contribution in [-0.2, 0) is 0 Å². The number of hydrogen-bond acceptors (Lipinski definition) is 4. The van der Waals surface area contributed by atoms with Crippen LogP contribution in [0.3, 0.4) is 0 Å². The average molecular weight is 230 g/mol. The van der Waals surface area contributed by atoms with Crippen LogP contribution in [0, 0.1) is 0 Å². The van der Waals surface area contributed by atoms with E-state index in [2.05, 4.69) is 36.3 Å². The highest BCUT2D eigenvalue weighted by Crippen LogP contribution is 1.96. The van der Waals surface area contributed by atoms with E-state index in [1.54, 1.807) is 0 Å². The molecule has 0 aliphatic heterocycles. The van der Waals surface area contributed by atoms with Crippen LogP contribution in [0.4, 0.5) is 0 Å². The van der Waals surface area contributed by atoms with Crippen LogP contribution < -0.4 is 11.1 Å². The molecule has 0 radical (unpaired) electrons. The highest BCUT2D eigenvalue weighted by atomic mass is 16.4. The van der Waals surface area contributed by atoms with Crippen molar-refractivity contribution in [2.45, 2.75) is 45.7 Å². The Morgan fingerprint density at radius 3 is 2.56 bits per heavy atom. The number of nitrogens with two attached hydrogens (primary N) is 1. The predicted octanol–water partition coefficient (Wildman–Crippen LogP) is 0.831. The summed E-state index contributed by atoms with van der Waals surface area (Å²) in [5, 5.41) is 14.9. The van der Waals surface area contributed by atoms with Gasteiger partial charge in [0.05, 0.1) is 6.04 Å². The van der Waals surface area contributed by atoms with Crippen LogP contribution in [-0.4, -0.2) is 48.2 Å². The van der Waals surface area contributed by atoms with Crippen molar-refractivity contribution >= 4 is 5.84 Å². The van der Waals surface area contributed by atoms with Gasteiger partial charge in [-0.15, -0.1) is 0 Å². The van der Waals surface area contributed by atoms with Gasteiger partial charge in [0.2, 0.25) is 0 Å². The molecule has 0 spiro atoms. The molecule has 5 heteroatoms. The van der Waals surface area contributed by atoms with Crippen molar-refractivity contribution < 1.29 is 5.21 Å². The minimum Gasteiger partial charge on any atom is -0.409 e. The Kier molecular flexibility index (Phi) is 7.93. The number of oxime groups is 1. The van der Waals surface area contributed by atoms with Gasteiger partial charge >= 0.3 is 0 Å². The van der Waals surface area contributed by atoms with Crippen molar-refractivity contribution in [1.82, 2.24) is 10.2 Å². The van der Waals surface area contributed by atoms with Gasteiger partial charge in [0.1, 0.15) is 0 Å². The van der Waals surface area contributed by atoms with E-state index in [0.717, 1.165) is 25.9 Å². The number of nitrogens with one attached hydrogen (secondary N) is 1. The molecular formula is C11H26N4O. The quantitative estimate of drug-likeness (QED) is 0.190. The maximum Gasteiger partial charge on any atom is 0.156 e. The van der Waals surface area contributed by atoms with E-state index >= 15 is 0 Å². The minimum atomic E-state index is -0.0191. The molecule has 0 aliphatic carbocycles. The van der Waals surface area contributed by atoms with E-state index < -0.39 is 0 Å². The maximum absolute atomic E-state index is 8.57. The fourth-order valence-corrected chi connectivity index (χ4v) is 1.39. The molecule has 0 saturated carbocycles. The summed E-state index contributed by atoms with van der Waals surface area (Å²) in [5.41, 5.74) is 5.55. The van der Waals surface area contributed by atoms with Gasteiger partial charge in [0.25, 0.3) is 0 Å². The summed E-state index contributed by atoms with van der Waals surface area (Å²) >= 11 is 0. The van der Waals surface area contributed by atoms with E-state index in [0.29, 0.717) is 6.04 Å². The van der Waals surface area contributed by atoms with Gasteiger partial charge in [-0.3, -0.25) is 0 Å². The van der Waals surface area contributed by atoms with Crippen molar-refractivity contribution in [2.24, 2.45) is 10.9 Å². The lowest BCUT2D eigenvalue weighted by Crippen LogP contribution is -2.42. The van der Waals surface area contributed by atoms with Crippen LogP contribution in [0.5, 0.6) is 0 Å². The first-order chi connectivity index (χ1) is 7.52. The van der Waals surface area contributed by atoms with Gasteiger partial charge in [-0.1, -0.05) is 12.1 Å². The summed E-state index contributed by atoms with van der Waals surface area (Å²) in [6.45, 7) is 8.30. The first-order valence-electron chi connectivity index (χ1n) is 5.93. The second kappa shape index (κ2) is 8.35. The zero-order chi connectivity index (χ0) is 12.6. The molecule has 4 N–H and O–H groups in total. The van der Waals surface area contributed by atoms with Crippen molar-refractivity contribution in [3.63, 3.8) is 0 Å². The van der Waals surface area contributed by atoms with Gasteiger partial charge in [-0.05, 0) is 46.8 Å². The molecule has 0 aromatic rings. The summed E-state index contributed by atoms with van der Waals surface area (Å²) in [7, 11) is 2.12. The Morgan fingerprint density at radius 2 is 2.12 bits per heavy atom. The third kappa shape index (κ3) is 5.92. The van der Waals surface area contributed by atoms with Gasteiger partial charge in [-0.2, -0.15) is 0 Å². The number of nitrogens with zero attached hydrogens (tertiary/aromatic N) is 2. The summed E-state index contributed by atoms with van der Waals surface area (Å²) in [6.07, 6.45) is 1.89. The predicted molar refractivity (Wildman–Crippen MR) is 67.9 cm³/mol. The van der Waals surface area contributed by atoms with E-state index in [-0.39, 0.29) is 11.9 Å². The molecule has 0 bridgehead atoms. The van der Waals surface area contributed by atoms with Gasteiger partial charge in [-0.25, -0.2) is 0 Å². The highest BCUT2D eigenvalue weighted by molar-refractivity contribution is 5.85. The second-order valence-electron chi connectivity index (χ2n) is 4.37. The molecule has 0 rings (SSSR count). The molecule has 0 amide bonds. The fraction of sp³-hybridized carbons (Fsp3) is 0.909. The Morgan fingerprint density at radius 1 is 1.50 bits per heavy atom. The normalized spacial score (nSPS) is 14.8. The molecule has 1 unspecified atom stereocenters. The Balaban J connectivity index is 3.72. The van der Waals surface area contributed by atoms with Gasteiger partial charge in [0, 0.05) is 6.04 Å². The molecule has 96 valence electrons. The summed E-state index contributed by atoms with van der Waals surface area (Å²) in [4.78, 5) is 2.30. The number of amidine groups is 1. The zero-order valence-corrected chi connectivity index (χ0v) is 10.9. The largest absolute Gasteiger partial charge is 0.409 e. The van der Waals surface area contributed by atoms with Crippen LogP contribution in [0.25, 0.3) is 0 Å². The molecular weight excluding hydrogens is 204 g/mol. The van der Waals surface area contributed by atoms with Crippen LogP contribution in [0.2, 0.25) is 0 Å². The minimum absolute atomic E-state index is 0.0191. The molecule has 0 heterocycles. The van der Waals surface area contributed by atoms with Crippen molar-refractivity contribution in [3.8, 4) is 0 Å². The monoisotopic (exact) mass is 230 g/mol. The highest BCUT2D eigenvalue weighted by Gasteiger charge is 2.10. The zero-order valence-electron chi connectivity index (χ0n) is 10.9. The Hall–Kier alpha value is -0.810. The van der Waals surface area contributed by atoms with Crippen molar-refractivity contribution in [3.05, 3.63) is 0 Å². The molecule has 1 atom stereocenters. The lowest BCUT2D eigenvalue weighted by molar-refractivity contribution is 0.268. The SMILES string of the molecule is CCC(NCCCN(C)C(C)C)C(N)=NO. The second-order valence-corrected chi connectivity index (χ2v) is 4.37. The van der Waals surface area contributed by atoms with Crippen molar-refractivity contribution in [1.29, 1.82) is 0 Å². The topological polar surface area (TPSA) is 73.9 Å². The van der Waals surface area contributed by atoms with Crippen LogP contribution >= 0.6 is 0 Å². The summed E-state index contributed by atoms with van der Waals surface area (Å²) in [5.74, 6) is 0.264. The fourth-order valence-electron chi connectivity index (χ4n) is 1.39. The Labute approximate surface area is 98.7 Å².